The summed E-state index contributed by atoms with van der Waals surface area (Å²) in [4.78, 5) is 0. The van der Waals surface area contributed by atoms with Crippen molar-refractivity contribution in [3.63, 3.8) is 0 Å². The van der Waals surface area contributed by atoms with E-state index in [9.17, 15) is 0 Å². The molecule has 0 aliphatic heterocycles. The Morgan fingerprint density at radius 1 is 1.30 bits per heavy atom. The van der Waals surface area contributed by atoms with Crippen LogP contribution in [0.4, 0.5) is 0 Å². The van der Waals surface area contributed by atoms with Crippen LogP contribution in [0.3, 0.4) is 0 Å². The van der Waals surface area contributed by atoms with Crippen LogP contribution in [0.15, 0.2) is 12.3 Å². The summed E-state index contributed by atoms with van der Waals surface area (Å²) in [6.07, 6.45) is 2.22. The highest BCUT2D eigenvalue weighted by atomic mass is 14.9. The van der Waals surface area contributed by atoms with Crippen LogP contribution in [-0.2, 0) is 0 Å². The summed E-state index contributed by atoms with van der Waals surface area (Å²) in [5, 5.41) is 3.19. The van der Waals surface area contributed by atoms with E-state index in [0.29, 0.717) is 0 Å². The van der Waals surface area contributed by atoms with Crippen LogP contribution in [0.5, 0.6) is 0 Å². The highest BCUT2D eigenvalue weighted by molar-refractivity contribution is 4.88. The van der Waals surface area contributed by atoms with E-state index < -0.39 is 0 Å². The van der Waals surface area contributed by atoms with Gasteiger partial charge in [-0.05, 0) is 12.8 Å². The fourth-order valence-electron chi connectivity index (χ4n) is 0.427. The van der Waals surface area contributed by atoms with Crippen molar-refractivity contribution in [2.75, 3.05) is 6.54 Å². The molecule has 0 aromatic heterocycles. The molecule has 0 bridgehead atoms. The maximum absolute atomic E-state index is 3.80. The molecule has 10 heavy (non-hydrogen) atoms. The molecule has 0 saturated heterocycles. The molecule has 0 aliphatic carbocycles. The topological polar surface area (TPSA) is 12.0 Å². The van der Waals surface area contributed by atoms with Gasteiger partial charge < -0.3 is 5.32 Å². The Bertz CT molecular complexity index is 67.1. The maximum Gasteiger partial charge on any atom is 0.0141 e. The molecule has 0 aromatic rings. The zero-order chi connectivity index (χ0) is 8.41. The molecule has 0 heterocycles. The second-order valence-electron chi connectivity index (χ2n) is 1.88. The summed E-state index contributed by atoms with van der Waals surface area (Å²) in [6.45, 7) is 13.1. The molecule has 62 valence electrons. The van der Waals surface area contributed by atoms with Crippen molar-refractivity contribution in [3.05, 3.63) is 12.3 Å². The van der Waals surface area contributed by atoms with E-state index in [1.54, 1.807) is 0 Å². The van der Waals surface area contributed by atoms with Gasteiger partial charge in [-0.25, -0.2) is 0 Å². The lowest BCUT2D eigenvalue weighted by Crippen LogP contribution is -2.11. The van der Waals surface area contributed by atoms with Gasteiger partial charge in [-0.3, -0.25) is 0 Å². The van der Waals surface area contributed by atoms with Gasteiger partial charge in [-0.2, -0.15) is 0 Å². The molecule has 0 radical (unpaired) electrons. The smallest absolute Gasteiger partial charge is 0.0141 e. The molecule has 1 N–H and O–H groups in total. The lowest BCUT2D eigenvalue weighted by molar-refractivity contribution is 0.745. The first-order chi connectivity index (χ1) is 4.81. The maximum atomic E-state index is 3.80. The minimum absolute atomic E-state index is 1.04. The van der Waals surface area contributed by atoms with E-state index in [4.69, 9.17) is 0 Å². The van der Waals surface area contributed by atoms with Crippen LogP contribution < -0.4 is 5.32 Å². The minimum Gasteiger partial charge on any atom is -0.389 e. The summed E-state index contributed by atoms with van der Waals surface area (Å²) in [5.41, 5.74) is 1.15. The number of nitrogens with one attached hydrogen (secondary N) is 1. The van der Waals surface area contributed by atoms with Crippen molar-refractivity contribution in [1.82, 2.24) is 5.32 Å². The average Bonchev–Trinajstić information content (AvgIpc) is 2.04. The Kier molecular flexibility index (Phi) is 13.9. The van der Waals surface area contributed by atoms with Gasteiger partial charge in [-0.1, -0.05) is 34.3 Å². The molecule has 0 unspecified atom stereocenters. The zero-order valence-corrected chi connectivity index (χ0v) is 7.83. The largest absolute Gasteiger partial charge is 0.389 e. The van der Waals surface area contributed by atoms with Crippen molar-refractivity contribution in [3.8, 4) is 0 Å². The second-order valence-corrected chi connectivity index (χ2v) is 1.88. The van der Waals surface area contributed by atoms with E-state index in [1.807, 2.05) is 13.8 Å². The Labute approximate surface area is 65.5 Å². The molecule has 0 aromatic carbocycles. The Balaban J connectivity index is 0. The standard InChI is InChI=1S/C7H15N.C2H6/c1-4-6-8-7(3)5-2;1-2/h8H,3-6H2,1-2H3;1-2H3. The fraction of sp³-hybridized carbons (Fsp3) is 0.778. The van der Waals surface area contributed by atoms with E-state index in [0.717, 1.165) is 18.7 Å². The molecule has 1 nitrogen and oxygen atoms in total. The SMILES string of the molecule is C=C(CC)NCCC.CC. The molecule has 1 heteroatoms. The average molecular weight is 143 g/mol. The highest BCUT2D eigenvalue weighted by Gasteiger charge is 1.83. The molecular weight excluding hydrogens is 122 g/mol. The van der Waals surface area contributed by atoms with Gasteiger partial charge in [0.05, 0.1) is 0 Å². The third-order valence-electron chi connectivity index (χ3n) is 1.05. The molecule has 0 spiro atoms. The Hall–Kier alpha value is -0.460. The first kappa shape index (κ1) is 12.2. The summed E-state index contributed by atoms with van der Waals surface area (Å²) in [5.74, 6) is 0. The van der Waals surface area contributed by atoms with Gasteiger partial charge in [-0.15, -0.1) is 0 Å². The summed E-state index contributed by atoms with van der Waals surface area (Å²) in [6, 6.07) is 0. The number of rotatable bonds is 4. The molecule has 0 fully saturated rings. The number of hydrogen-bond donors (Lipinski definition) is 1. The predicted octanol–water partition coefficient (Wildman–Crippen LogP) is 2.94. The molecule has 0 atom stereocenters. The van der Waals surface area contributed by atoms with E-state index in [1.165, 1.54) is 6.42 Å². The zero-order valence-electron chi connectivity index (χ0n) is 7.83. The van der Waals surface area contributed by atoms with Gasteiger partial charge in [0.15, 0.2) is 0 Å². The van der Waals surface area contributed by atoms with Crippen molar-refractivity contribution in [2.24, 2.45) is 0 Å². The summed E-state index contributed by atoms with van der Waals surface area (Å²) in [7, 11) is 0. The molecule has 0 rings (SSSR count). The van der Waals surface area contributed by atoms with E-state index in [-0.39, 0.29) is 0 Å². The highest BCUT2D eigenvalue weighted by Crippen LogP contribution is 1.88. The Morgan fingerprint density at radius 2 is 1.80 bits per heavy atom. The van der Waals surface area contributed by atoms with Crippen LogP contribution in [-0.4, -0.2) is 6.54 Å². The van der Waals surface area contributed by atoms with Gasteiger partial charge in [0.2, 0.25) is 0 Å². The first-order valence-corrected chi connectivity index (χ1v) is 4.22. The predicted molar refractivity (Wildman–Crippen MR) is 49.1 cm³/mol. The second kappa shape index (κ2) is 11.4. The molecule has 0 amide bonds. The van der Waals surface area contributed by atoms with Crippen molar-refractivity contribution in [2.45, 2.75) is 40.5 Å². The summed E-state index contributed by atoms with van der Waals surface area (Å²) >= 11 is 0. The normalized spacial score (nSPS) is 7.60. The van der Waals surface area contributed by atoms with E-state index >= 15 is 0 Å². The lowest BCUT2D eigenvalue weighted by Gasteiger charge is -2.03. The third-order valence-corrected chi connectivity index (χ3v) is 1.05. The molecule has 0 saturated carbocycles. The van der Waals surface area contributed by atoms with Crippen molar-refractivity contribution in [1.29, 1.82) is 0 Å². The molecule has 0 aliphatic rings. The van der Waals surface area contributed by atoms with Crippen LogP contribution in [0, 0.1) is 0 Å². The third kappa shape index (κ3) is 10.5. The van der Waals surface area contributed by atoms with Crippen LogP contribution in [0.2, 0.25) is 0 Å². The summed E-state index contributed by atoms with van der Waals surface area (Å²) < 4.78 is 0. The van der Waals surface area contributed by atoms with Crippen molar-refractivity contribution >= 4 is 0 Å². The lowest BCUT2D eigenvalue weighted by atomic mass is 10.3. The molecular formula is C9H21N. The van der Waals surface area contributed by atoms with Gasteiger partial charge in [0.1, 0.15) is 0 Å². The fourth-order valence-corrected chi connectivity index (χ4v) is 0.427. The monoisotopic (exact) mass is 143 g/mol. The quantitative estimate of drug-likeness (QED) is 0.638. The van der Waals surface area contributed by atoms with Crippen LogP contribution >= 0.6 is 0 Å². The minimum atomic E-state index is 1.04. The Morgan fingerprint density at radius 3 is 2.10 bits per heavy atom. The van der Waals surface area contributed by atoms with Crippen LogP contribution in [0.25, 0.3) is 0 Å². The van der Waals surface area contributed by atoms with Gasteiger partial charge in [0.25, 0.3) is 0 Å². The van der Waals surface area contributed by atoms with Crippen molar-refractivity contribution < 1.29 is 0 Å². The van der Waals surface area contributed by atoms with Gasteiger partial charge in [0, 0.05) is 12.2 Å². The van der Waals surface area contributed by atoms with Gasteiger partial charge >= 0.3 is 0 Å². The number of hydrogen-bond acceptors (Lipinski definition) is 1. The first-order valence-electron chi connectivity index (χ1n) is 4.22. The van der Waals surface area contributed by atoms with E-state index in [2.05, 4.69) is 25.7 Å². The number of allylic oxidation sites excluding steroid dienone is 1. The van der Waals surface area contributed by atoms with Crippen LogP contribution in [0.1, 0.15) is 40.5 Å².